The topological polar surface area (TPSA) is 49.4 Å². The lowest BCUT2D eigenvalue weighted by Gasteiger charge is -2.41. The van der Waals surface area contributed by atoms with Crippen molar-refractivity contribution in [1.82, 2.24) is 10.2 Å². The van der Waals surface area contributed by atoms with Crippen LogP contribution in [0.4, 0.5) is 0 Å². The van der Waals surface area contributed by atoms with Gasteiger partial charge in [0.15, 0.2) is 0 Å². The first-order valence-corrected chi connectivity index (χ1v) is 8.43. The van der Waals surface area contributed by atoms with Crippen molar-refractivity contribution in [3.05, 3.63) is 21.9 Å². The number of hydrogen-bond donors (Lipinski definition) is 1. The van der Waals surface area contributed by atoms with Crippen molar-refractivity contribution in [3.63, 3.8) is 0 Å². The Morgan fingerprint density at radius 1 is 1.38 bits per heavy atom. The summed E-state index contributed by atoms with van der Waals surface area (Å²) in [6, 6.07) is 3.50. The van der Waals surface area contributed by atoms with Crippen LogP contribution in [0.15, 0.2) is 12.1 Å². The highest BCUT2D eigenvalue weighted by Crippen LogP contribution is 2.22. The van der Waals surface area contributed by atoms with Crippen molar-refractivity contribution in [2.45, 2.75) is 65.1 Å². The van der Waals surface area contributed by atoms with Gasteiger partial charge in [0.25, 0.3) is 0 Å². The first-order chi connectivity index (χ1) is 9.93. The van der Waals surface area contributed by atoms with E-state index < -0.39 is 0 Å². The van der Waals surface area contributed by atoms with E-state index in [1.54, 1.807) is 16.2 Å². The second-order valence-corrected chi connectivity index (χ2v) is 7.21. The standard InChI is InChI=1S/C16H24N2O2S/c1-5-6-14-16(20)18(12(4)15(19)17-14)10(2)9-13-8-7-11(3)21-13/h7-8,10,12,14H,5-6,9H2,1-4H3,(H,17,19). The van der Waals surface area contributed by atoms with Gasteiger partial charge in [0, 0.05) is 22.2 Å². The molecule has 2 heterocycles. The summed E-state index contributed by atoms with van der Waals surface area (Å²) >= 11 is 1.76. The highest BCUT2D eigenvalue weighted by Gasteiger charge is 2.39. The van der Waals surface area contributed by atoms with E-state index in [-0.39, 0.29) is 29.9 Å². The molecule has 2 amide bonds. The van der Waals surface area contributed by atoms with Gasteiger partial charge in [-0.25, -0.2) is 0 Å². The Labute approximate surface area is 130 Å². The van der Waals surface area contributed by atoms with E-state index >= 15 is 0 Å². The molecule has 4 nitrogen and oxygen atoms in total. The van der Waals surface area contributed by atoms with Crippen molar-refractivity contribution in [1.29, 1.82) is 0 Å². The Morgan fingerprint density at radius 2 is 2.10 bits per heavy atom. The highest BCUT2D eigenvalue weighted by molar-refractivity contribution is 7.11. The molecule has 0 aliphatic carbocycles. The fourth-order valence-corrected chi connectivity index (χ4v) is 3.93. The van der Waals surface area contributed by atoms with Crippen LogP contribution >= 0.6 is 11.3 Å². The van der Waals surface area contributed by atoms with Crippen LogP contribution in [0.5, 0.6) is 0 Å². The predicted octanol–water partition coefficient (Wildman–Crippen LogP) is 2.50. The Balaban J connectivity index is 2.13. The lowest BCUT2D eigenvalue weighted by atomic mass is 10.0. The van der Waals surface area contributed by atoms with E-state index in [0.29, 0.717) is 6.42 Å². The SMILES string of the molecule is CCCC1NC(=O)C(C)N(C(C)Cc2ccc(C)s2)C1=O. The van der Waals surface area contributed by atoms with Crippen LogP contribution in [0.3, 0.4) is 0 Å². The largest absolute Gasteiger partial charge is 0.343 e. The smallest absolute Gasteiger partial charge is 0.246 e. The molecule has 0 aromatic carbocycles. The van der Waals surface area contributed by atoms with E-state index in [9.17, 15) is 9.59 Å². The molecule has 21 heavy (non-hydrogen) atoms. The number of carbonyl (C=O) groups excluding carboxylic acids is 2. The zero-order valence-electron chi connectivity index (χ0n) is 13.2. The molecule has 1 fully saturated rings. The molecule has 2 rings (SSSR count). The van der Waals surface area contributed by atoms with E-state index in [1.807, 2.05) is 20.8 Å². The van der Waals surface area contributed by atoms with Gasteiger partial charge in [0.2, 0.25) is 11.8 Å². The maximum Gasteiger partial charge on any atom is 0.246 e. The molecule has 1 aliphatic heterocycles. The summed E-state index contributed by atoms with van der Waals surface area (Å²) in [5, 5.41) is 2.84. The molecule has 116 valence electrons. The van der Waals surface area contributed by atoms with Gasteiger partial charge in [-0.15, -0.1) is 11.3 Å². The van der Waals surface area contributed by atoms with Crippen LogP contribution in [-0.4, -0.2) is 34.8 Å². The van der Waals surface area contributed by atoms with Gasteiger partial charge in [0.1, 0.15) is 12.1 Å². The maximum atomic E-state index is 12.6. The first kappa shape index (κ1) is 16.0. The van der Waals surface area contributed by atoms with Gasteiger partial charge in [-0.2, -0.15) is 0 Å². The number of aryl methyl sites for hydroxylation is 1. The van der Waals surface area contributed by atoms with Gasteiger partial charge >= 0.3 is 0 Å². The molecule has 0 saturated carbocycles. The van der Waals surface area contributed by atoms with Gasteiger partial charge in [0.05, 0.1) is 0 Å². The van der Waals surface area contributed by atoms with Crippen LogP contribution in [-0.2, 0) is 16.0 Å². The molecule has 3 unspecified atom stereocenters. The molecule has 0 spiro atoms. The number of piperazine rings is 1. The molecule has 0 radical (unpaired) electrons. The van der Waals surface area contributed by atoms with Crippen LogP contribution in [0.2, 0.25) is 0 Å². The quantitative estimate of drug-likeness (QED) is 0.908. The average Bonchev–Trinajstić information content (AvgIpc) is 2.82. The molecule has 1 aliphatic rings. The molecule has 1 saturated heterocycles. The van der Waals surface area contributed by atoms with Gasteiger partial charge < -0.3 is 10.2 Å². The minimum Gasteiger partial charge on any atom is -0.343 e. The van der Waals surface area contributed by atoms with Crippen LogP contribution in [0, 0.1) is 6.92 Å². The molecule has 1 N–H and O–H groups in total. The van der Waals surface area contributed by atoms with E-state index in [1.165, 1.54) is 9.75 Å². The first-order valence-electron chi connectivity index (χ1n) is 7.62. The van der Waals surface area contributed by atoms with Crippen molar-refractivity contribution in [2.24, 2.45) is 0 Å². The summed E-state index contributed by atoms with van der Waals surface area (Å²) in [6.45, 7) is 7.95. The van der Waals surface area contributed by atoms with Gasteiger partial charge in [-0.1, -0.05) is 13.3 Å². The second-order valence-electron chi connectivity index (χ2n) is 5.84. The Hall–Kier alpha value is -1.36. The molecular formula is C16H24N2O2S. The lowest BCUT2D eigenvalue weighted by molar-refractivity contribution is -0.151. The summed E-state index contributed by atoms with van der Waals surface area (Å²) in [5.74, 6) is 0.0204. The van der Waals surface area contributed by atoms with Gasteiger partial charge in [-0.05, 0) is 39.3 Å². The molecule has 3 atom stereocenters. The van der Waals surface area contributed by atoms with Crippen LogP contribution in [0.25, 0.3) is 0 Å². The summed E-state index contributed by atoms with van der Waals surface area (Å²) in [6.07, 6.45) is 2.40. The number of hydrogen-bond acceptors (Lipinski definition) is 3. The number of carbonyl (C=O) groups is 2. The molecular weight excluding hydrogens is 284 g/mol. The Morgan fingerprint density at radius 3 is 2.67 bits per heavy atom. The summed E-state index contributed by atoms with van der Waals surface area (Å²) in [4.78, 5) is 29.0. The fourth-order valence-electron chi connectivity index (χ4n) is 2.92. The van der Waals surface area contributed by atoms with Crippen LogP contribution < -0.4 is 5.32 Å². The summed E-state index contributed by atoms with van der Waals surface area (Å²) in [5.41, 5.74) is 0. The third-order valence-corrected chi connectivity index (χ3v) is 5.03. The van der Waals surface area contributed by atoms with Crippen molar-refractivity contribution in [2.75, 3.05) is 0 Å². The molecule has 1 aromatic heterocycles. The van der Waals surface area contributed by atoms with Crippen molar-refractivity contribution >= 4 is 23.2 Å². The number of thiophene rings is 1. The average molecular weight is 308 g/mol. The van der Waals surface area contributed by atoms with E-state index in [0.717, 1.165) is 12.8 Å². The summed E-state index contributed by atoms with van der Waals surface area (Å²) < 4.78 is 0. The fraction of sp³-hybridized carbons (Fsp3) is 0.625. The molecule has 5 heteroatoms. The Kier molecular flexibility index (Phi) is 5.04. The Bertz CT molecular complexity index is 526. The second kappa shape index (κ2) is 6.60. The summed E-state index contributed by atoms with van der Waals surface area (Å²) in [7, 11) is 0. The molecule has 1 aromatic rings. The third kappa shape index (κ3) is 3.46. The van der Waals surface area contributed by atoms with Crippen molar-refractivity contribution in [3.8, 4) is 0 Å². The molecule has 0 bridgehead atoms. The van der Waals surface area contributed by atoms with E-state index in [4.69, 9.17) is 0 Å². The number of amides is 2. The van der Waals surface area contributed by atoms with Crippen molar-refractivity contribution < 1.29 is 9.59 Å². The third-order valence-electron chi connectivity index (χ3n) is 4.01. The zero-order chi connectivity index (χ0) is 15.6. The number of nitrogens with zero attached hydrogens (tertiary/aromatic N) is 1. The zero-order valence-corrected chi connectivity index (χ0v) is 14.0. The number of rotatable bonds is 5. The van der Waals surface area contributed by atoms with E-state index in [2.05, 4.69) is 24.4 Å². The minimum atomic E-state index is -0.387. The lowest BCUT2D eigenvalue weighted by Crippen LogP contribution is -2.64. The normalized spacial score (nSPS) is 24.1. The van der Waals surface area contributed by atoms with Crippen LogP contribution in [0.1, 0.15) is 43.4 Å². The maximum absolute atomic E-state index is 12.6. The highest BCUT2D eigenvalue weighted by atomic mass is 32.1. The predicted molar refractivity (Wildman–Crippen MR) is 85.4 cm³/mol. The number of nitrogens with one attached hydrogen (secondary N) is 1. The monoisotopic (exact) mass is 308 g/mol. The van der Waals surface area contributed by atoms with Gasteiger partial charge in [-0.3, -0.25) is 9.59 Å². The minimum absolute atomic E-state index is 0.0379.